The van der Waals surface area contributed by atoms with Gasteiger partial charge in [-0.3, -0.25) is 14.5 Å². The molecular formula is C19H25N3O2. The fourth-order valence-corrected chi connectivity index (χ4v) is 4.43. The lowest BCUT2D eigenvalue weighted by Gasteiger charge is -2.39. The van der Waals surface area contributed by atoms with Gasteiger partial charge < -0.3 is 10.2 Å². The number of hydrogen-bond donors (Lipinski definition) is 1. The molecule has 0 radical (unpaired) electrons. The monoisotopic (exact) mass is 327 g/mol. The molecule has 4 rings (SSSR count). The lowest BCUT2D eigenvalue weighted by atomic mass is 9.89. The van der Waals surface area contributed by atoms with Gasteiger partial charge in [0, 0.05) is 44.3 Å². The highest BCUT2D eigenvalue weighted by atomic mass is 16.2. The van der Waals surface area contributed by atoms with E-state index in [0.29, 0.717) is 0 Å². The predicted octanol–water partition coefficient (Wildman–Crippen LogP) is 2.20. The number of benzene rings is 1. The summed E-state index contributed by atoms with van der Waals surface area (Å²) in [6, 6.07) is 8.40. The number of fused-ring (bicyclic) bond motifs is 1. The van der Waals surface area contributed by atoms with Gasteiger partial charge in [-0.15, -0.1) is 0 Å². The standard InChI is InChI=1S/C19H25N3O2/c23-18-13-16(15-7-3-4-8-17(15)20-18)19(24)22-11-9-21(10-12-22)14-5-1-2-6-14/h3-4,7-8,14,16H,1-2,5-6,9-13H2,(H,20,23). The summed E-state index contributed by atoms with van der Waals surface area (Å²) in [5.41, 5.74) is 1.75. The molecule has 1 atom stereocenters. The maximum Gasteiger partial charge on any atom is 0.230 e. The van der Waals surface area contributed by atoms with Crippen LogP contribution in [0, 0.1) is 0 Å². The van der Waals surface area contributed by atoms with Crippen molar-refractivity contribution in [2.45, 2.75) is 44.1 Å². The Kier molecular flexibility index (Phi) is 4.27. The Balaban J connectivity index is 1.44. The highest BCUT2D eigenvalue weighted by Crippen LogP contribution is 2.34. The zero-order chi connectivity index (χ0) is 16.5. The van der Waals surface area contributed by atoms with E-state index in [0.717, 1.165) is 43.5 Å². The molecule has 5 nitrogen and oxygen atoms in total. The van der Waals surface area contributed by atoms with Crippen LogP contribution in [0.5, 0.6) is 0 Å². The number of hydrogen-bond acceptors (Lipinski definition) is 3. The number of carbonyl (C=O) groups is 2. The van der Waals surface area contributed by atoms with Crippen molar-refractivity contribution in [2.24, 2.45) is 0 Å². The first kappa shape index (κ1) is 15.6. The number of amides is 2. The summed E-state index contributed by atoms with van der Waals surface area (Å²) < 4.78 is 0. The number of anilines is 1. The quantitative estimate of drug-likeness (QED) is 0.906. The molecule has 1 N–H and O–H groups in total. The lowest BCUT2D eigenvalue weighted by Crippen LogP contribution is -2.52. The number of rotatable bonds is 2. The van der Waals surface area contributed by atoms with Crippen LogP contribution in [0.15, 0.2) is 24.3 Å². The second kappa shape index (κ2) is 6.55. The third-order valence-electron chi connectivity index (χ3n) is 5.76. The molecule has 2 heterocycles. The largest absolute Gasteiger partial charge is 0.340 e. The first-order valence-electron chi connectivity index (χ1n) is 9.14. The van der Waals surface area contributed by atoms with Crippen molar-refractivity contribution in [3.8, 4) is 0 Å². The minimum atomic E-state index is -0.326. The third-order valence-corrected chi connectivity index (χ3v) is 5.76. The van der Waals surface area contributed by atoms with Crippen molar-refractivity contribution in [1.82, 2.24) is 9.80 Å². The van der Waals surface area contributed by atoms with E-state index in [-0.39, 0.29) is 24.2 Å². The Morgan fingerprint density at radius 1 is 1.04 bits per heavy atom. The van der Waals surface area contributed by atoms with Crippen molar-refractivity contribution < 1.29 is 9.59 Å². The molecule has 0 spiro atoms. The van der Waals surface area contributed by atoms with Crippen LogP contribution in [0.1, 0.15) is 43.6 Å². The Bertz CT molecular complexity index is 631. The van der Waals surface area contributed by atoms with Crippen LogP contribution in [-0.4, -0.2) is 53.8 Å². The van der Waals surface area contributed by atoms with Gasteiger partial charge in [0.05, 0.1) is 5.92 Å². The van der Waals surface area contributed by atoms with E-state index in [2.05, 4.69) is 10.2 Å². The van der Waals surface area contributed by atoms with Crippen LogP contribution in [0.4, 0.5) is 5.69 Å². The molecule has 2 fully saturated rings. The number of carbonyl (C=O) groups excluding carboxylic acids is 2. The Labute approximate surface area is 143 Å². The zero-order valence-electron chi connectivity index (χ0n) is 14.0. The van der Waals surface area contributed by atoms with Gasteiger partial charge in [0.1, 0.15) is 0 Å². The fourth-order valence-electron chi connectivity index (χ4n) is 4.43. The fraction of sp³-hybridized carbons (Fsp3) is 0.579. The average Bonchev–Trinajstić information content (AvgIpc) is 3.15. The molecule has 1 aromatic rings. The number of nitrogens with zero attached hydrogens (tertiary/aromatic N) is 2. The van der Waals surface area contributed by atoms with Gasteiger partial charge in [-0.1, -0.05) is 31.0 Å². The highest BCUT2D eigenvalue weighted by molar-refractivity contribution is 6.01. The van der Waals surface area contributed by atoms with Crippen LogP contribution < -0.4 is 5.32 Å². The second-order valence-corrected chi connectivity index (χ2v) is 7.19. The van der Waals surface area contributed by atoms with Gasteiger partial charge in [0.25, 0.3) is 0 Å². The SMILES string of the molecule is O=C1CC(C(=O)N2CCN(C3CCCC3)CC2)c2ccccc2N1. The molecule has 128 valence electrons. The molecule has 2 aliphatic heterocycles. The van der Waals surface area contributed by atoms with Crippen molar-refractivity contribution in [3.63, 3.8) is 0 Å². The summed E-state index contributed by atoms with van der Waals surface area (Å²) in [4.78, 5) is 29.5. The summed E-state index contributed by atoms with van der Waals surface area (Å²) in [5.74, 6) is -0.270. The Morgan fingerprint density at radius 2 is 1.75 bits per heavy atom. The minimum absolute atomic E-state index is 0.0587. The van der Waals surface area contributed by atoms with Gasteiger partial charge in [-0.2, -0.15) is 0 Å². The molecule has 1 saturated heterocycles. The molecule has 0 aromatic heterocycles. The molecule has 2 amide bonds. The minimum Gasteiger partial charge on any atom is -0.340 e. The number of para-hydroxylation sites is 1. The smallest absolute Gasteiger partial charge is 0.230 e. The van der Waals surface area contributed by atoms with Gasteiger partial charge in [0.2, 0.25) is 11.8 Å². The number of piperazine rings is 1. The maximum absolute atomic E-state index is 13.0. The van der Waals surface area contributed by atoms with Crippen molar-refractivity contribution in [2.75, 3.05) is 31.5 Å². The van der Waals surface area contributed by atoms with Gasteiger partial charge >= 0.3 is 0 Å². The van der Waals surface area contributed by atoms with Crippen molar-refractivity contribution in [3.05, 3.63) is 29.8 Å². The van der Waals surface area contributed by atoms with Crippen LogP contribution in [0.3, 0.4) is 0 Å². The molecule has 0 bridgehead atoms. The van der Waals surface area contributed by atoms with E-state index in [1.807, 2.05) is 29.2 Å². The molecule has 1 aromatic carbocycles. The Hall–Kier alpha value is -1.88. The molecule has 1 unspecified atom stereocenters. The maximum atomic E-state index is 13.0. The highest BCUT2D eigenvalue weighted by Gasteiger charge is 2.35. The number of nitrogens with one attached hydrogen (secondary N) is 1. The molecule has 1 saturated carbocycles. The average molecular weight is 327 g/mol. The van der Waals surface area contributed by atoms with Crippen molar-refractivity contribution >= 4 is 17.5 Å². The summed E-state index contributed by atoms with van der Waals surface area (Å²) in [7, 11) is 0. The molecule has 1 aliphatic carbocycles. The third kappa shape index (κ3) is 2.93. The van der Waals surface area contributed by atoms with Crippen LogP contribution in [0.25, 0.3) is 0 Å². The van der Waals surface area contributed by atoms with Crippen LogP contribution in [0.2, 0.25) is 0 Å². The van der Waals surface area contributed by atoms with E-state index in [9.17, 15) is 9.59 Å². The molecule has 5 heteroatoms. The van der Waals surface area contributed by atoms with Gasteiger partial charge in [-0.05, 0) is 24.5 Å². The van der Waals surface area contributed by atoms with E-state index < -0.39 is 0 Å². The summed E-state index contributed by atoms with van der Waals surface area (Å²) in [6.07, 6.45) is 5.57. The molecule has 3 aliphatic rings. The van der Waals surface area contributed by atoms with E-state index in [1.165, 1.54) is 25.7 Å². The summed E-state index contributed by atoms with van der Waals surface area (Å²) in [6.45, 7) is 3.51. The van der Waals surface area contributed by atoms with E-state index in [1.54, 1.807) is 0 Å². The second-order valence-electron chi connectivity index (χ2n) is 7.19. The van der Waals surface area contributed by atoms with Gasteiger partial charge in [-0.25, -0.2) is 0 Å². The predicted molar refractivity (Wildman–Crippen MR) is 92.8 cm³/mol. The van der Waals surface area contributed by atoms with Crippen molar-refractivity contribution in [1.29, 1.82) is 0 Å². The topological polar surface area (TPSA) is 52.7 Å². The lowest BCUT2D eigenvalue weighted by molar-refractivity contribution is -0.136. The zero-order valence-corrected chi connectivity index (χ0v) is 14.0. The van der Waals surface area contributed by atoms with E-state index >= 15 is 0 Å². The van der Waals surface area contributed by atoms with Crippen LogP contribution in [-0.2, 0) is 9.59 Å². The molecule has 24 heavy (non-hydrogen) atoms. The van der Waals surface area contributed by atoms with Gasteiger partial charge in [0.15, 0.2) is 0 Å². The summed E-state index contributed by atoms with van der Waals surface area (Å²) >= 11 is 0. The first-order valence-corrected chi connectivity index (χ1v) is 9.14. The molecular weight excluding hydrogens is 302 g/mol. The Morgan fingerprint density at radius 3 is 2.50 bits per heavy atom. The first-order chi connectivity index (χ1) is 11.7. The normalized spacial score (nSPS) is 25.4. The van der Waals surface area contributed by atoms with Crippen LogP contribution >= 0.6 is 0 Å². The summed E-state index contributed by atoms with van der Waals surface area (Å²) in [5, 5.41) is 2.87. The van der Waals surface area contributed by atoms with E-state index in [4.69, 9.17) is 0 Å².